The lowest BCUT2D eigenvalue weighted by Crippen LogP contribution is -2.38. The average molecular weight is 300 g/mol. The third-order valence-corrected chi connectivity index (χ3v) is 3.98. The minimum absolute atomic E-state index is 0.0197. The van der Waals surface area contributed by atoms with Gasteiger partial charge < -0.3 is 10.1 Å². The summed E-state index contributed by atoms with van der Waals surface area (Å²) in [5.41, 5.74) is 0.666. The van der Waals surface area contributed by atoms with Crippen LogP contribution >= 0.6 is 11.6 Å². The van der Waals surface area contributed by atoms with Gasteiger partial charge in [-0.25, -0.2) is 4.39 Å². The minimum atomic E-state index is -0.485. The molecule has 1 aliphatic rings. The van der Waals surface area contributed by atoms with Crippen LogP contribution in [0.15, 0.2) is 18.2 Å². The highest BCUT2D eigenvalue weighted by molar-refractivity contribution is 6.30. The third kappa shape index (κ3) is 4.01. The molecule has 1 fully saturated rings. The molecule has 0 saturated carbocycles. The Hall–Kier alpha value is -0.970. The Balaban J connectivity index is 2.02. The van der Waals surface area contributed by atoms with Crippen molar-refractivity contribution in [1.29, 1.82) is 0 Å². The maximum Gasteiger partial charge on any atom is 0.142 e. The molecule has 1 atom stereocenters. The van der Waals surface area contributed by atoms with Crippen LogP contribution in [0.3, 0.4) is 0 Å². The first-order chi connectivity index (χ1) is 9.58. The summed E-state index contributed by atoms with van der Waals surface area (Å²) in [5.74, 6) is -0.808. The van der Waals surface area contributed by atoms with Crippen molar-refractivity contribution < 1.29 is 13.9 Å². The van der Waals surface area contributed by atoms with Crippen LogP contribution in [0.2, 0.25) is 5.02 Å². The molecule has 0 radical (unpaired) electrons. The number of Topliss-reactive ketones (excluding diaryl/α,β-unsaturated/α-hetero) is 1. The molecule has 0 amide bonds. The standard InChI is InChI=1S/C15H19ClFNO2/c1-10(19)13(9-18-12-4-6-20-7-5-12)11-2-3-14(16)15(17)8-11/h2-3,8,12-13,18H,4-7,9H2,1H3/t13-/m0/s1. The fourth-order valence-corrected chi connectivity index (χ4v) is 2.53. The summed E-state index contributed by atoms with van der Waals surface area (Å²) in [6.45, 7) is 3.54. The second-order valence-electron chi connectivity index (χ2n) is 5.13. The number of rotatable bonds is 5. The van der Waals surface area contributed by atoms with E-state index in [1.54, 1.807) is 6.07 Å². The van der Waals surface area contributed by atoms with Gasteiger partial charge in [0.25, 0.3) is 0 Å². The number of benzene rings is 1. The van der Waals surface area contributed by atoms with Crippen LogP contribution in [0.4, 0.5) is 4.39 Å². The van der Waals surface area contributed by atoms with Crippen molar-refractivity contribution in [3.05, 3.63) is 34.6 Å². The van der Waals surface area contributed by atoms with Crippen molar-refractivity contribution in [1.82, 2.24) is 5.32 Å². The molecule has 1 N–H and O–H groups in total. The number of hydrogen-bond acceptors (Lipinski definition) is 3. The van der Waals surface area contributed by atoms with Gasteiger partial charge in [0.2, 0.25) is 0 Å². The highest BCUT2D eigenvalue weighted by Gasteiger charge is 2.21. The Morgan fingerprint density at radius 1 is 1.50 bits per heavy atom. The van der Waals surface area contributed by atoms with Crippen molar-refractivity contribution in [3.8, 4) is 0 Å². The molecule has 2 rings (SSSR count). The van der Waals surface area contributed by atoms with E-state index in [-0.39, 0.29) is 16.7 Å². The van der Waals surface area contributed by atoms with E-state index in [1.165, 1.54) is 19.1 Å². The predicted octanol–water partition coefficient (Wildman–Crippen LogP) is 2.92. The second-order valence-corrected chi connectivity index (χ2v) is 5.54. The summed E-state index contributed by atoms with van der Waals surface area (Å²) in [6, 6.07) is 4.92. The number of halogens is 2. The van der Waals surface area contributed by atoms with E-state index >= 15 is 0 Å². The Labute approximate surface area is 123 Å². The van der Waals surface area contributed by atoms with Gasteiger partial charge >= 0.3 is 0 Å². The number of ether oxygens (including phenoxy) is 1. The molecule has 0 unspecified atom stereocenters. The maximum atomic E-state index is 13.5. The number of carbonyl (C=O) groups is 1. The summed E-state index contributed by atoms with van der Waals surface area (Å²) in [6.07, 6.45) is 1.89. The second kappa shape index (κ2) is 7.16. The molecule has 110 valence electrons. The van der Waals surface area contributed by atoms with E-state index in [4.69, 9.17) is 16.3 Å². The highest BCUT2D eigenvalue weighted by atomic mass is 35.5. The molecular weight excluding hydrogens is 281 g/mol. The van der Waals surface area contributed by atoms with Gasteiger partial charge in [0.15, 0.2) is 0 Å². The van der Waals surface area contributed by atoms with Gasteiger partial charge in [-0.15, -0.1) is 0 Å². The zero-order chi connectivity index (χ0) is 14.5. The number of hydrogen-bond donors (Lipinski definition) is 1. The van der Waals surface area contributed by atoms with E-state index in [9.17, 15) is 9.18 Å². The molecule has 1 heterocycles. The quantitative estimate of drug-likeness (QED) is 0.908. The molecule has 0 bridgehead atoms. The lowest BCUT2D eigenvalue weighted by molar-refractivity contribution is -0.118. The predicted molar refractivity (Wildman–Crippen MR) is 76.7 cm³/mol. The Morgan fingerprint density at radius 2 is 2.20 bits per heavy atom. The van der Waals surface area contributed by atoms with Crippen LogP contribution < -0.4 is 5.32 Å². The Bertz CT molecular complexity index is 475. The lowest BCUT2D eigenvalue weighted by Gasteiger charge is -2.25. The van der Waals surface area contributed by atoms with Crippen LogP contribution in [-0.2, 0) is 9.53 Å². The Kier molecular flexibility index (Phi) is 5.52. The van der Waals surface area contributed by atoms with Crippen LogP contribution in [0.1, 0.15) is 31.2 Å². The fraction of sp³-hybridized carbons (Fsp3) is 0.533. The first-order valence-corrected chi connectivity index (χ1v) is 7.22. The van der Waals surface area contributed by atoms with Crippen molar-refractivity contribution in [2.24, 2.45) is 0 Å². The minimum Gasteiger partial charge on any atom is -0.381 e. The average Bonchev–Trinajstić information content (AvgIpc) is 2.43. The van der Waals surface area contributed by atoms with Gasteiger partial charge in [-0.05, 0) is 37.5 Å². The van der Waals surface area contributed by atoms with Crippen LogP contribution in [0.25, 0.3) is 0 Å². The highest BCUT2D eigenvalue weighted by Crippen LogP contribution is 2.22. The van der Waals surface area contributed by atoms with Gasteiger partial charge in [-0.3, -0.25) is 4.79 Å². The molecule has 1 aromatic rings. The number of nitrogens with one attached hydrogen (secondary N) is 1. The monoisotopic (exact) mass is 299 g/mol. The number of ketones is 1. The molecule has 1 aliphatic heterocycles. The molecule has 20 heavy (non-hydrogen) atoms. The van der Waals surface area contributed by atoms with E-state index in [0.29, 0.717) is 18.2 Å². The topological polar surface area (TPSA) is 38.3 Å². The molecule has 1 saturated heterocycles. The summed E-state index contributed by atoms with van der Waals surface area (Å²) in [5, 5.41) is 3.46. The van der Waals surface area contributed by atoms with E-state index in [0.717, 1.165) is 26.1 Å². The summed E-state index contributed by atoms with van der Waals surface area (Å²) < 4.78 is 18.8. The zero-order valence-electron chi connectivity index (χ0n) is 11.5. The van der Waals surface area contributed by atoms with Crippen molar-refractivity contribution in [2.45, 2.75) is 31.7 Å². The van der Waals surface area contributed by atoms with Crippen molar-refractivity contribution >= 4 is 17.4 Å². The SMILES string of the molecule is CC(=O)[C@H](CNC1CCOCC1)c1ccc(Cl)c(F)c1. The molecule has 5 heteroatoms. The van der Waals surface area contributed by atoms with Gasteiger partial charge in [0, 0.05) is 25.8 Å². The van der Waals surface area contributed by atoms with Gasteiger partial charge in [0.1, 0.15) is 11.6 Å². The Morgan fingerprint density at radius 3 is 2.80 bits per heavy atom. The summed E-state index contributed by atoms with van der Waals surface area (Å²) >= 11 is 5.67. The largest absolute Gasteiger partial charge is 0.381 e. The molecule has 0 spiro atoms. The van der Waals surface area contributed by atoms with E-state index in [2.05, 4.69) is 5.32 Å². The molecule has 0 aliphatic carbocycles. The molecule has 0 aromatic heterocycles. The van der Waals surface area contributed by atoms with Gasteiger partial charge in [0.05, 0.1) is 10.9 Å². The maximum absolute atomic E-state index is 13.5. The van der Waals surface area contributed by atoms with Crippen molar-refractivity contribution in [2.75, 3.05) is 19.8 Å². The van der Waals surface area contributed by atoms with Crippen molar-refractivity contribution in [3.63, 3.8) is 0 Å². The summed E-state index contributed by atoms with van der Waals surface area (Å²) in [7, 11) is 0. The smallest absolute Gasteiger partial charge is 0.142 e. The molecular formula is C15H19ClFNO2. The van der Waals surface area contributed by atoms with Gasteiger partial charge in [-0.2, -0.15) is 0 Å². The summed E-state index contributed by atoms with van der Waals surface area (Å²) in [4.78, 5) is 11.8. The fourth-order valence-electron chi connectivity index (χ4n) is 2.41. The molecule has 3 nitrogen and oxygen atoms in total. The first-order valence-electron chi connectivity index (χ1n) is 6.84. The van der Waals surface area contributed by atoms with Crippen LogP contribution in [0, 0.1) is 5.82 Å². The zero-order valence-corrected chi connectivity index (χ0v) is 12.3. The lowest BCUT2D eigenvalue weighted by atomic mass is 9.94. The van der Waals surface area contributed by atoms with Crippen LogP contribution in [-0.4, -0.2) is 31.6 Å². The third-order valence-electron chi connectivity index (χ3n) is 3.67. The number of carbonyl (C=O) groups excluding carboxylic acids is 1. The van der Waals surface area contributed by atoms with Crippen LogP contribution in [0.5, 0.6) is 0 Å². The van der Waals surface area contributed by atoms with E-state index < -0.39 is 5.82 Å². The van der Waals surface area contributed by atoms with Gasteiger partial charge in [-0.1, -0.05) is 17.7 Å². The molecule has 1 aromatic carbocycles. The normalized spacial score (nSPS) is 17.9. The van der Waals surface area contributed by atoms with E-state index in [1.807, 2.05) is 0 Å². The first kappa shape index (κ1) is 15.4.